The van der Waals surface area contributed by atoms with Crippen LogP contribution in [0.25, 0.3) is 0 Å². The summed E-state index contributed by atoms with van der Waals surface area (Å²) in [4.78, 5) is 20.1. The van der Waals surface area contributed by atoms with Crippen LogP contribution in [0.5, 0.6) is 0 Å². The van der Waals surface area contributed by atoms with Gasteiger partial charge in [-0.3, -0.25) is 4.79 Å². The summed E-state index contributed by atoms with van der Waals surface area (Å²) in [6.07, 6.45) is 1.00. The van der Waals surface area contributed by atoms with Crippen LogP contribution in [0, 0.1) is 0 Å². The van der Waals surface area contributed by atoms with Crippen LogP contribution in [0.1, 0.15) is 31.0 Å². The number of anilines is 2. The molecule has 1 atom stereocenters. The van der Waals surface area contributed by atoms with Gasteiger partial charge in [0.15, 0.2) is 5.16 Å². The van der Waals surface area contributed by atoms with Crippen LogP contribution in [0.15, 0.2) is 35.5 Å². The van der Waals surface area contributed by atoms with Crippen molar-refractivity contribution in [3.8, 4) is 0 Å². The zero-order chi connectivity index (χ0) is 16.8. The fraction of sp³-hybridized carbons (Fsp3) is 0.312. The Hall–Kier alpha value is -2.28. The van der Waals surface area contributed by atoms with Crippen LogP contribution < -0.4 is 16.8 Å². The Kier molecular flexibility index (Phi) is 5.81. The fourth-order valence-electron chi connectivity index (χ4n) is 2.07. The molecule has 6 nitrogen and oxygen atoms in total. The number of benzene rings is 1. The first-order valence-corrected chi connectivity index (χ1v) is 8.37. The molecule has 1 heterocycles. The molecule has 0 aliphatic carbocycles. The average Bonchev–Trinajstić information content (AvgIpc) is 2.52. The van der Waals surface area contributed by atoms with Gasteiger partial charge in [0.1, 0.15) is 11.6 Å². The number of hydrogen-bond acceptors (Lipinski definition) is 6. The maximum atomic E-state index is 12.0. The molecule has 0 radical (unpaired) electrons. The van der Waals surface area contributed by atoms with Crippen LogP contribution in [0.2, 0.25) is 0 Å². The maximum Gasteiger partial charge on any atom is 0.230 e. The molecule has 1 amide bonds. The standard InChI is InChI=1S/C16H21N5OS/c1-3-11-4-6-12(7-5-11)10(2)19-15(22)9-23-16-20-13(17)8-14(18)21-16/h4-8,10H,3,9H2,1-2H3,(H,19,22)(H4,17,18,20,21). The van der Waals surface area contributed by atoms with Crippen LogP contribution in [-0.4, -0.2) is 21.6 Å². The van der Waals surface area contributed by atoms with Crippen molar-refractivity contribution >= 4 is 29.3 Å². The quantitative estimate of drug-likeness (QED) is 0.553. The molecule has 0 aliphatic rings. The second kappa shape index (κ2) is 7.82. The zero-order valence-corrected chi connectivity index (χ0v) is 14.1. The number of nitrogens with one attached hydrogen (secondary N) is 1. The van der Waals surface area contributed by atoms with Gasteiger partial charge >= 0.3 is 0 Å². The van der Waals surface area contributed by atoms with Crippen molar-refractivity contribution in [2.45, 2.75) is 31.5 Å². The number of amides is 1. The summed E-state index contributed by atoms with van der Waals surface area (Å²) < 4.78 is 0. The topological polar surface area (TPSA) is 107 Å². The number of aryl methyl sites for hydroxylation is 1. The van der Waals surface area contributed by atoms with E-state index in [0.717, 1.165) is 12.0 Å². The van der Waals surface area contributed by atoms with Crippen molar-refractivity contribution < 1.29 is 4.79 Å². The molecule has 0 aliphatic heterocycles. The lowest BCUT2D eigenvalue weighted by atomic mass is 10.1. The summed E-state index contributed by atoms with van der Waals surface area (Å²) in [6.45, 7) is 4.07. The maximum absolute atomic E-state index is 12.0. The van der Waals surface area contributed by atoms with E-state index in [9.17, 15) is 4.79 Å². The second-order valence-electron chi connectivity index (χ2n) is 5.17. The smallest absolute Gasteiger partial charge is 0.230 e. The number of hydrogen-bond donors (Lipinski definition) is 3. The van der Waals surface area contributed by atoms with Crippen LogP contribution in [-0.2, 0) is 11.2 Å². The Morgan fingerprint density at radius 1 is 1.22 bits per heavy atom. The third-order valence-corrected chi connectivity index (χ3v) is 4.19. The zero-order valence-electron chi connectivity index (χ0n) is 13.2. The summed E-state index contributed by atoms with van der Waals surface area (Å²) in [5, 5.41) is 3.36. The predicted molar refractivity (Wildman–Crippen MR) is 94.0 cm³/mol. The normalized spacial score (nSPS) is 11.9. The minimum absolute atomic E-state index is 0.0548. The molecule has 1 aromatic heterocycles. The van der Waals surface area contributed by atoms with Gasteiger partial charge in [-0.15, -0.1) is 0 Å². The van der Waals surface area contributed by atoms with Gasteiger partial charge in [0.05, 0.1) is 11.8 Å². The van der Waals surface area contributed by atoms with Gasteiger partial charge in [-0.2, -0.15) is 0 Å². The third-order valence-electron chi connectivity index (χ3n) is 3.34. The number of nitrogen functional groups attached to an aromatic ring is 2. The number of nitrogens with two attached hydrogens (primary N) is 2. The largest absolute Gasteiger partial charge is 0.383 e. The fourth-order valence-corrected chi connectivity index (χ4v) is 2.75. The molecule has 0 fully saturated rings. The van der Waals surface area contributed by atoms with Crippen molar-refractivity contribution in [3.05, 3.63) is 41.5 Å². The highest BCUT2D eigenvalue weighted by Gasteiger charge is 2.11. The van der Waals surface area contributed by atoms with E-state index in [-0.39, 0.29) is 17.7 Å². The molecule has 0 saturated heterocycles. The van der Waals surface area contributed by atoms with Gasteiger partial charge in [0, 0.05) is 6.07 Å². The van der Waals surface area contributed by atoms with Crippen LogP contribution in [0.3, 0.4) is 0 Å². The first-order valence-electron chi connectivity index (χ1n) is 7.39. The molecule has 122 valence electrons. The number of carbonyl (C=O) groups is 1. The minimum atomic E-state index is -0.0911. The van der Waals surface area contributed by atoms with E-state index in [1.807, 2.05) is 19.1 Å². The molecule has 23 heavy (non-hydrogen) atoms. The number of nitrogens with zero attached hydrogens (tertiary/aromatic N) is 2. The van der Waals surface area contributed by atoms with Gasteiger partial charge in [0.25, 0.3) is 0 Å². The van der Waals surface area contributed by atoms with E-state index in [4.69, 9.17) is 11.5 Å². The Balaban J connectivity index is 1.88. The van der Waals surface area contributed by atoms with Gasteiger partial charge < -0.3 is 16.8 Å². The van der Waals surface area contributed by atoms with E-state index >= 15 is 0 Å². The number of carbonyl (C=O) groups excluding carboxylic acids is 1. The molecule has 1 unspecified atom stereocenters. The molecular formula is C16H21N5OS. The lowest BCUT2D eigenvalue weighted by molar-refractivity contribution is -0.119. The highest BCUT2D eigenvalue weighted by Crippen LogP contribution is 2.17. The Morgan fingerprint density at radius 3 is 2.39 bits per heavy atom. The van der Waals surface area contributed by atoms with Gasteiger partial charge in [-0.1, -0.05) is 43.0 Å². The Labute approximate surface area is 140 Å². The summed E-state index contributed by atoms with van der Waals surface area (Å²) in [6, 6.07) is 9.66. The summed E-state index contributed by atoms with van der Waals surface area (Å²) in [5.41, 5.74) is 13.6. The molecule has 0 spiro atoms. The molecule has 2 aromatic rings. The van der Waals surface area contributed by atoms with E-state index in [1.54, 1.807) is 0 Å². The van der Waals surface area contributed by atoms with Gasteiger partial charge in [-0.05, 0) is 24.5 Å². The summed E-state index contributed by atoms with van der Waals surface area (Å²) in [5.74, 6) is 0.710. The molecule has 2 rings (SSSR count). The third kappa shape index (κ3) is 5.14. The molecule has 0 bridgehead atoms. The van der Waals surface area contributed by atoms with Crippen molar-refractivity contribution in [2.75, 3.05) is 17.2 Å². The van der Waals surface area contributed by atoms with Gasteiger partial charge in [0.2, 0.25) is 5.91 Å². The van der Waals surface area contributed by atoms with Crippen LogP contribution in [0.4, 0.5) is 11.6 Å². The van der Waals surface area contributed by atoms with Crippen LogP contribution >= 0.6 is 11.8 Å². The van der Waals surface area contributed by atoms with Crippen molar-refractivity contribution in [1.82, 2.24) is 15.3 Å². The van der Waals surface area contributed by atoms with Gasteiger partial charge in [-0.25, -0.2) is 9.97 Å². The molecule has 5 N–H and O–H groups in total. The highest BCUT2D eigenvalue weighted by molar-refractivity contribution is 7.99. The highest BCUT2D eigenvalue weighted by atomic mass is 32.2. The summed E-state index contributed by atoms with van der Waals surface area (Å²) in [7, 11) is 0. The predicted octanol–water partition coefficient (Wildman–Crippen LogP) is 2.17. The summed E-state index contributed by atoms with van der Waals surface area (Å²) >= 11 is 1.21. The average molecular weight is 331 g/mol. The van der Waals surface area contributed by atoms with Crippen molar-refractivity contribution in [3.63, 3.8) is 0 Å². The van der Waals surface area contributed by atoms with Crippen molar-refractivity contribution in [1.29, 1.82) is 0 Å². The number of rotatable bonds is 6. The lowest BCUT2D eigenvalue weighted by Crippen LogP contribution is -2.28. The monoisotopic (exact) mass is 331 g/mol. The molecular weight excluding hydrogens is 310 g/mol. The van der Waals surface area contributed by atoms with Crippen molar-refractivity contribution in [2.24, 2.45) is 0 Å². The first-order chi connectivity index (χ1) is 11.0. The van der Waals surface area contributed by atoms with E-state index < -0.39 is 0 Å². The molecule has 7 heteroatoms. The molecule has 0 saturated carbocycles. The number of thioether (sulfide) groups is 1. The lowest BCUT2D eigenvalue weighted by Gasteiger charge is -2.14. The Morgan fingerprint density at radius 2 is 1.83 bits per heavy atom. The van der Waals surface area contributed by atoms with E-state index in [1.165, 1.54) is 23.4 Å². The SMILES string of the molecule is CCc1ccc(C(C)NC(=O)CSc2nc(N)cc(N)n2)cc1. The molecule has 1 aromatic carbocycles. The first kappa shape index (κ1) is 17.1. The Bertz CT molecular complexity index is 654. The number of aromatic nitrogens is 2. The van der Waals surface area contributed by atoms with E-state index in [0.29, 0.717) is 16.8 Å². The second-order valence-corrected chi connectivity index (χ2v) is 6.12. The minimum Gasteiger partial charge on any atom is -0.383 e. The van der Waals surface area contributed by atoms with E-state index in [2.05, 4.69) is 34.3 Å².